The summed E-state index contributed by atoms with van der Waals surface area (Å²) in [4.78, 5) is 14.7. The van der Waals surface area contributed by atoms with Crippen molar-refractivity contribution < 1.29 is 36.0 Å². The van der Waals surface area contributed by atoms with Crippen LogP contribution in [0.15, 0.2) is 24.3 Å². The standard InChI is InChI=1S/C15H21NO2.CHF3O3S/c1-3-14(18)15(7-9-16(2)10-8-15)12-5-4-6-13(17)11-12;2-1(3,4)8(5,6)7/h4-6,11,17H,3,7-10H2,1-2H3;(H,5,6,7). The summed E-state index contributed by atoms with van der Waals surface area (Å²) in [6.07, 6.45) is 2.25. The molecule has 148 valence electrons. The zero-order valence-electron chi connectivity index (χ0n) is 14.5. The van der Waals surface area contributed by atoms with Crippen LogP contribution in [0.2, 0.25) is 0 Å². The molecule has 1 aromatic rings. The van der Waals surface area contributed by atoms with Crippen LogP contribution in [0.5, 0.6) is 5.75 Å². The second-order valence-electron chi connectivity index (χ2n) is 6.13. The monoisotopic (exact) mass is 397 g/mol. The second-order valence-corrected chi connectivity index (χ2v) is 7.55. The minimum atomic E-state index is -5.84. The minimum Gasteiger partial charge on any atom is -0.508 e. The van der Waals surface area contributed by atoms with Crippen molar-refractivity contribution in [2.45, 2.75) is 37.1 Å². The third-order valence-electron chi connectivity index (χ3n) is 4.39. The lowest BCUT2D eigenvalue weighted by molar-refractivity contribution is -0.126. The van der Waals surface area contributed by atoms with Crippen LogP contribution < -0.4 is 0 Å². The van der Waals surface area contributed by atoms with E-state index in [1.807, 2.05) is 19.1 Å². The number of likely N-dealkylation sites (tertiary alicyclic amines) is 1. The van der Waals surface area contributed by atoms with Gasteiger partial charge in [-0.1, -0.05) is 19.1 Å². The molecule has 26 heavy (non-hydrogen) atoms. The van der Waals surface area contributed by atoms with Gasteiger partial charge in [0.25, 0.3) is 0 Å². The first-order valence-corrected chi connectivity index (χ1v) is 9.32. The normalized spacial score (nSPS) is 17.9. The van der Waals surface area contributed by atoms with Gasteiger partial charge in [-0.05, 0) is 50.7 Å². The number of nitrogens with zero attached hydrogens (tertiary/aromatic N) is 1. The van der Waals surface area contributed by atoms with Gasteiger partial charge in [0.1, 0.15) is 11.5 Å². The predicted octanol–water partition coefficient (Wildman–Crippen LogP) is 2.73. The van der Waals surface area contributed by atoms with Crippen LogP contribution in [0.4, 0.5) is 13.2 Å². The summed E-state index contributed by atoms with van der Waals surface area (Å²) in [7, 11) is -3.75. The van der Waals surface area contributed by atoms with Crippen molar-refractivity contribution in [3.63, 3.8) is 0 Å². The average Bonchev–Trinajstić information content (AvgIpc) is 2.54. The van der Waals surface area contributed by atoms with E-state index >= 15 is 0 Å². The van der Waals surface area contributed by atoms with E-state index in [0.29, 0.717) is 12.2 Å². The number of carbonyl (C=O) groups excluding carboxylic acids is 1. The number of piperidine rings is 1. The lowest BCUT2D eigenvalue weighted by Gasteiger charge is -2.40. The van der Waals surface area contributed by atoms with Crippen molar-refractivity contribution in [2.75, 3.05) is 20.1 Å². The van der Waals surface area contributed by atoms with Crippen LogP contribution in [0, 0.1) is 0 Å². The molecule has 1 aliphatic heterocycles. The molecule has 0 spiro atoms. The number of carbonyl (C=O) groups is 1. The van der Waals surface area contributed by atoms with E-state index in [1.54, 1.807) is 12.1 Å². The first-order chi connectivity index (χ1) is 11.8. The van der Waals surface area contributed by atoms with Crippen molar-refractivity contribution in [3.8, 4) is 5.75 Å². The number of Topliss-reactive ketones (excluding diaryl/α,β-unsaturated/α-hetero) is 1. The van der Waals surface area contributed by atoms with E-state index < -0.39 is 15.6 Å². The second kappa shape index (κ2) is 8.36. The van der Waals surface area contributed by atoms with E-state index in [0.717, 1.165) is 31.5 Å². The van der Waals surface area contributed by atoms with Gasteiger partial charge in [-0.15, -0.1) is 0 Å². The molecule has 0 aliphatic carbocycles. The minimum absolute atomic E-state index is 0.245. The highest BCUT2D eigenvalue weighted by molar-refractivity contribution is 7.86. The number of phenolic OH excluding ortho intramolecular Hbond substituents is 1. The van der Waals surface area contributed by atoms with Crippen molar-refractivity contribution in [2.24, 2.45) is 0 Å². The van der Waals surface area contributed by atoms with Gasteiger partial charge in [0.05, 0.1) is 5.41 Å². The van der Waals surface area contributed by atoms with Crippen molar-refractivity contribution in [1.29, 1.82) is 0 Å². The highest BCUT2D eigenvalue weighted by Gasteiger charge is 2.44. The molecule has 1 fully saturated rings. The maximum Gasteiger partial charge on any atom is 0.522 e. The van der Waals surface area contributed by atoms with E-state index in [1.165, 1.54) is 0 Å². The van der Waals surface area contributed by atoms with E-state index in [4.69, 9.17) is 13.0 Å². The first kappa shape index (κ1) is 22.4. The van der Waals surface area contributed by atoms with Crippen LogP contribution in [-0.2, 0) is 20.3 Å². The topological polar surface area (TPSA) is 94.9 Å². The Balaban J connectivity index is 0.000000359. The Morgan fingerprint density at radius 1 is 1.27 bits per heavy atom. The van der Waals surface area contributed by atoms with Gasteiger partial charge in [-0.25, -0.2) is 0 Å². The summed E-state index contributed by atoms with van der Waals surface area (Å²) in [5.74, 6) is 0.538. The predicted molar refractivity (Wildman–Crippen MR) is 89.4 cm³/mol. The SMILES string of the molecule is CCC(=O)C1(c2cccc(O)c2)CCN(C)CC1.O=S(=O)(O)C(F)(F)F. The molecule has 1 heterocycles. The highest BCUT2D eigenvalue weighted by atomic mass is 32.2. The fraction of sp³-hybridized carbons (Fsp3) is 0.562. The van der Waals surface area contributed by atoms with Crippen molar-refractivity contribution in [1.82, 2.24) is 4.90 Å². The molecule has 1 aromatic carbocycles. The first-order valence-electron chi connectivity index (χ1n) is 7.88. The van der Waals surface area contributed by atoms with Gasteiger partial charge in [-0.3, -0.25) is 9.35 Å². The van der Waals surface area contributed by atoms with Crippen LogP contribution in [0.25, 0.3) is 0 Å². The molecule has 1 saturated heterocycles. The van der Waals surface area contributed by atoms with Crippen LogP contribution >= 0.6 is 0 Å². The zero-order valence-corrected chi connectivity index (χ0v) is 15.3. The van der Waals surface area contributed by atoms with Gasteiger partial charge < -0.3 is 10.0 Å². The maximum atomic E-state index is 12.4. The Morgan fingerprint density at radius 2 is 1.77 bits per heavy atom. The third kappa shape index (κ3) is 5.42. The van der Waals surface area contributed by atoms with Crippen molar-refractivity contribution >= 4 is 15.9 Å². The van der Waals surface area contributed by atoms with Crippen molar-refractivity contribution in [3.05, 3.63) is 29.8 Å². The fourth-order valence-corrected chi connectivity index (χ4v) is 2.87. The summed E-state index contributed by atoms with van der Waals surface area (Å²) in [5, 5.41) is 9.64. The van der Waals surface area contributed by atoms with E-state index in [2.05, 4.69) is 11.9 Å². The van der Waals surface area contributed by atoms with Gasteiger partial charge >= 0.3 is 15.6 Å². The van der Waals surface area contributed by atoms with E-state index in [9.17, 15) is 23.1 Å². The quantitative estimate of drug-likeness (QED) is 0.602. The molecule has 2 rings (SSSR count). The summed E-state index contributed by atoms with van der Waals surface area (Å²) < 4.78 is 57.5. The number of phenols is 1. The molecule has 0 amide bonds. The number of hydrogen-bond donors (Lipinski definition) is 2. The molecule has 0 atom stereocenters. The van der Waals surface area contributed by atoms with E-state index in [-0.39, 0.29) is 11.2 Å². The number of aromatic hydroxyl groups is 1. The highest BCUT2D eigenvalue weighted by Crippen LogP contribution is 2.38. The van der Waals surface area contributed by atoms with Gasteiger partial charge in [-0.2, -0.15) is 21.6 Å². The summed E-state index contributed by atoms with van der Waals surface area (Å²) >= 11 is 0. The Morgan fingerprint density at radius 3 is 2.15 bits per heavy atom. The number of halogens is 3. The lowest BCUT2D eigenvalue weighted by atomic mass is 9.69. The Hall–Kier alpha value is -1.65. The molecule has 2 N–H and O–H groups in total. The Kier molecular flexibility index (Phi) is 7.20. The fourth-order valence-electron chi connectivity index (χ4n) is 2.87. The number of benzene rings is 1. The maximum absolute atomic E-state index is 12.4. The molecule has 0 aromatic heterocycles. The number of alkyl halides is 3. The lowest BCUT2D eigenvalue weighted by Crippen LogP contribution is -2.45. The van der Waals surface area contributed by atoms with Gasteiger partial charge in [0.2, 0.25) is 0 Å². The molecule has 10 heteroatoms. The molecular formula is C16H22F3NO5S. The van der Waals surface area contributed by atoms with Crippen LogP contribution in [0.1, 0.15) is 31.7 Å². The molecule has 6 nitrogen and oxygen atoms in total. The summed E-state index contributed by atoms with van der Waals surface area (Å²) in [6.45, 7) is 3.79. The molecular weight excluding hydrogens is 375 g/mol. The largest absolute Gasteiger partial charge is 0.522 e. The molecule has 0 unspecified atom stereocenters. The number of hydrogen-bond acceptors (Lipinski definition) is 5. The number of ketones is 1. The molecule has 1 aliphatic rings. The Labute approximate surface area is 150 Å². The van der Waals surface area contributed by atoms with Gasteiger partial charge in [0, 0.05) is 6.42 Å². The third-order valence-corrected chi connectivity index (χ3v) is 4.97. The van der Waals surface area contributed by atoms with Crippen LogP contribution in [-0.4, -0.2) is 54.4 Å². The van der Waals surface area contributed by atoms with Gasteiger partial charge in [0.15, 0.2) is 0 Å². The smallest absolute Gasteiger partial charge is 0.508 e. The molecule has 0 bridgehead atoms. The summed E-state index contributed by atoms with van der Waals surface area (Å²) in [6, 6.07) is 7.20. The Bertz CT molecular complexity index is 726. The molecule has 0 saturated carbocycles. The molecule has 0 radical (unpaired) electrons. The average molecular weight is 397 g/mol. The number of rotatable bonds is 3. The van der Waals surface area contributed by atoms with Crippen LogP contribution in [0.3, 0.4) is 0 Å². The zero-order chi connectivity index (χ0) is 20.2. The summed E-state index contributed by atoms with van der Waals surface area (Å²) in [5.41, 5.74) is -4.95.